The minimum atomic E-state index is -0.0815. The molecule has 1 aliphatic heterocycles. The summed E-state index contributed by atoms with van der Waals surface area (Å²) in [5.41, 5.74) is 1.42. The molecule has 1 saturated heterocycles. The van der Waals surface area contributed by atoms with Crippen LogP contribution in [0.3, 0.4) is 0 Å². The molecule has 128 valence electrons. The smallest absolute Gasteiger partial charge is 0.234 e. The Balaban J connectivity index is 1.69. The van der Waals surface area contributed by atoms with Gasteiger partial charge < -0.3 is 9.42 Å². The Labute approximate surface area is 147 Å². The molecule has 1 aliphatic rings. The number of hydrogen-bond donors (Lipinski definition) is 0. The van der Waals surface area contributed by atoms with Crippen LogP contribution in [0.25, 0.3) is 11.3 Å². The quantitative estimate of drug-likeness (QED) is 0.827. The van der Waals surface area contributed by atoms with E-state index in [1.165, 1.54) is 17.7 Å². The van der Waals surface area contributed by atoms with Crippen LogP contribution in [0.2, 0.25) is 5.02 Å². The molecule has 1 fully saturated rings. The van der Waals surface area contributed by atoms with E-state index in [0.717, 1.165) is 25.2 Å². The topological polar surface area (TPSA) is 49.6 Å². The van der Waals surface area contributed by atoms with Crippen molar-refractivity contribution < 1.29 is 9.32 Å². The van der Waals surface area contributed by atoms with Crippen LogP contribution in [0.15, 0.2) is 34.9 Å². The van der Waals surface area contributed by atoms with E-state index >= 15 is 0 Å². The first-order valence-electron chi connectivity index (χ1n) is 8.28. The van der Waals surface area contributed by atoms with E-state index in [2.05, 4.69) is 10.1 Å². The van der Waals surface area contributed by atoms with Crippen LogP contribution >= 0.6 is 11.6 Å². The Morgan fingerprint density at radius 1 is 1.38 bits per heavy atom. The highest BCUT2D eigenvalue weighted by atomic mass is 35.5. The average Bonchev–Trinajstić information content (AvgIpc) is 3.25. The summed E-state index contributed by atoms with van der Waals surface area (Å²) in [4.78, 5) is 16.5. The summed E-state index contributed by atoms with van der Waals surface area (Å²) in [5.74, 6) is 0.383. The number of benzene rings is 1. The van der Waals surface area contributed by atoms with Crippen LogP contribution in [-0.2, 0) is 4.79 Å². The van der Waals surface area contributed by atoms with Gasteiger partial charge in [-0.1, -0.05) is 41.9 Å². The normalized spacial score (nSPS) is 16.3. The molecule has 1 atom stereocenters. The van der Waals surface area contributed by atoms with Crippen LogP contribution in [0, 0.1) is 5.92 Å². The Morgan fingerprint density at radius 2 is 2.08 bits per heavy atom. The number of carbonyl (C=O) groups is 1. The minimum Gasteiger partial charge on any atom is -0.338 e. The van der Waals surface area contributed by atoms with E-state index in [9.17, 15) is 4.79 Å². The van der Waals surface area contributed by atoms with Gasteiger partial charge in [0.05, 0.1) is 5.02 Å². The number of hydrogen-bond acceptors (Lipinski definition) is 4. The number of nitrogens with zero attached hydrogens (tertiary/aromatic N) is 3. The van der Waals surface area contributed by atoms with Gasteiger partial charge in [0, 0.05) is 31.1 Å². The van der Waals surface area contributed by atoms with Crippen molar-refractivity contribution >= 4 is 23.4 Å². The summed E-state index contributed by atoms with van der Waals surface area (Å²) in [6.07, 6.45) is 2.44. The van der Waals surface area contributed by atoms with Crippen molar-refractivity contribution in [3.05, 3.63) is 35.4 Å². The SMILES string of the molecule is CC(CN1CCCC1)C(=O)N(C)c1cc(-c2ccccc2Cl)no1. The average molecular weight is 348 g/mol. The van der Waals surface area contributed by atoms with Crippen LogP contribution in [-0.4, -0.2) is 42.6 Å². The molecule has 1 aromatic carbocycles. The molecule has 2 aromatic rings. The molecule has 1 aromatic heterocycles. The number of halogens is 1. The third kappa shape index (κ3) is 3.62. The van der Waals surface area contributed by atoms with E-state index in [1.54, 1.807) is 19.2 Å². The summed E-state index contributed by atoms with van der Waals surface area (Å²) in [5, 5.41) is 4.65. The van der Waals surface area contributed by atoms with E-state index in [0.29, 0.717) is 16.6 Å². The highest BCUT2D eigenvalue weighted by molar-refractivity contribution is 6.33. The molecule has 2 heterocycles. The molecule has 0 aliphatic carbocycles. The van der Waals surface area contributed by atoms with Gasteiger partial charge in [-0.15, -0.1) is 0 Å². The lowest BCUT2D eigenvalue weighted by Gasteiger charge is -2.22. The van der Waals surface area contributed by atoms with Gasteiger partial charge in [0.2, 0.25) is 11.8 Å². The fourth-order valence-corrected chi connectivity index (χ4v) is 3.32. The summed E-state index contributed by atoms with van der Waals surface area (Å²) in [6.45, 7) is 4.91. The summed E-state index contributed by atoms with van der Waals surface area (Å²) >= 11 is 6.19. The molecule has 0 saturated carbocycles. The van der Waals surface area contributed by atoms with Gasteiger partial charge in [0.15, 0.2) is 0 Å². The molecular weight excluding hydrogens is 326 g/mol. The van der Waals surface area contributed by atoms with E-state index in [4.69, 9.17) is 16.1 Å². The monoisotopic (exact) mass is 347 g/mol. The van der Waals surface area contributed by atoms with Crippen LogP contribution < -0.4 is 4.90 Å². The summed E-state index contributed by atoms with van der Waals surface area (Å²) in [7, 11) is 1.72. The molecule has 5 nitrogen and oxygen atoms in total. The van der Waals surface area contributed by atoms with Gasteiger partial charge in [-0.3, -0.25) is 9.69 Å². The lowest BCUT2D eigenvalue weighted by Crippen LogP contribution is -2.37. The van der Waals surface area contributed by atoms with Gasteiger partial charge in [0.25, 0.3) is 0 Å². The second kappa shape index (κ2) is 7.36. The van der Waals surface area contributed by atoms with E-state index in [1.807, 2.05) is 25.1 Å². The highest BCUT2D eigenvalue weighted by Crippen LogP contribution is 2.29. The molecular formula is C18H22ClN3O2. The number of anilines is 1. The second-order valence-electron chi connectivity index (χ2n) is 6.34. The van der Waals surface area contributed by atoms with E-state index in [-0.39, 0.29) is 11.8 Å². The molecule has 1 amide bonds. The molecule has 0 radical (unpaired) electrons. The van der Waals surface area contributed by atoms with Crippen molar-refractivity contribution in [3.8, 4) is 11.3 Å². The number of likely N-dealkylation sites (tertiary alicyclic amines) is 1. The maximum absolute atomic E-state index is 12.6. The molecule has 24 heavy (non-hydrogen) atoms. The fourth-order valence-electron chi connectivity index (χ4n) is 3.09. The number of rotatable bonds is 5. The largest absolute Gasteiger partial charge is 0.338 e. The van der Waals surface area contributed by atoms with Crippen molar-refractivity contribution in [2.75, 3.05) is 31.6 Å². The van der Waals surface area contributed by atoms with Gasteiger partial charge in [0.1, 0.15) is 5.69 Å². The minimum absolute atomic E-state index is 0.0313. The molecule has 3 rings (SSSR count). The van der Waals surface area contributed by atoms with Crippen molar-refractivity contribution in [1.29, 1.82) is 0 Å². The highest BCUT2D eigenvalue weighted by Gasteiger charge is 2.25. The van der Waals surface area contributed by atoms with Crippen LogP contribution in [0.4, 0.5) is 5.88 Å². The maximum Gasteiger partial charge on any atom is 0.234 e. The third-order valence-electron chi connectivity index (χ3n) is 4.46. The zero-order valence-corrected chi connectivity index (χ0v) is 14.8. The Bertz CT molecular complexity index is 710. The maximum atomic E-state index is 12.6. The molecule has 0 spiro atoms. The Kier molecular flexibility index (Phi) is 5.21. The van der Waals surface area contributed by atoms with Crippen LogP contribution in [0.5, 0.6) is 0 Å². The first-order valence-corrected chi connectivity index (χ1v) is 8.65. The van der Waals surface area contributed by atoms with Crippen molar-refractivity contribution in [2.24, 2.45) is 5.92 Å². The molecule has 1 unspecified atom stereocenters. The van der Waals surface area contributed by atoms with Gasteiger partial charge in [-0.25, -0.2) is 0 Å². The zero-order valence-electron chi connectivity index (χ0n) is 14.0. The van der Waals surface area contributed by atoms with Crippen molar-refractivity contribution in [2.45, 2.75) is 19.8 Å². The summed E-state index contributed by atoms with van der Waals surface area (Å²) < 4.78 is 5.36. The standard InChI is InChI=1S/C18H22ClN3O2/c1-13(12-22-9-5-6-10-22)18(23)21(2)17-11-16(20-24-17)14-7-3-4-8-15(14)19/h3-4,7-8,11,13H,5-6,9-10,12H2,1-2H3. The number of amides is 1. The summed E-state index contributed by atoms with van der Waals surface area (Å²) in [6, 6.07) is 9.19. The third-order valence-corrected chi connectivity index (χ3v) is 4.79. The first kappa shape index (κ1) is 17.0. The second-order valence-corrected chi connectivity index (χ2v) is 6.74. The fraction of sp³-hybridized carbons (Fsp3) is 0.444. The van der Waals surface area contributed by atoms with Crippen molar-refractivity contribution in [1.82, 2.24) is 10.1 Å². The molecule has 0 N–H and O–H groups in total. The Morgan fingerprint density at radius 3 is 2.79 bits per heavy atom. The zero-order chi connectivity index (χ0) is 17.1. The van der Waals surface area contributed by atoms with Gasteiger partial charge in [-0.2, -0.15) is 0 Å². The lowest BCUT2D eigenvalue weighted by molar-refractivity contribution is -0.122. The molecule has 6 heteroatoms. The number of carbonyl (C=O) groups excluding carboxylic acids is 1. The molecule has 0 bridgehead atoms. The van der Waals surface area contributed by atoms with E-state index < -0.39 is 0 Å². The van der Waals surface area contributed by atoms with Gasteiger partial charge >= 0.3 is 0 Å². The lowest BCUT2D eigenvalue weighted by atomic mass is 10.1. The Hall–Kier alpha value is -1.85. The van der Waals surface area contributed by atoms with Gasteiger partial charge in [-0.05, 0) is 32.0 Å². The number of aromatic nitrogens is 1. The van der Waals surface area contributed by atoms with Crippen LogP contribution in [0.1, 0.15) is 19.8 Å². The predicted molar refractivity (Wildman–Crippen MR) is 95.2 cm³/mol. The predicted octanol–water partition coefficient (Wildman–Crippen LogP) is 3.69. The van der Waals surface area contributed by atoms with Crippen molar-refractivity contribution in [3.63, 3.8) is 0 Å². The first-order chi connectivity index (χ1) is 11.6.